The van der Waals surface area contributed by atoms with Gasteiger partial charge in [0, 0.05) is 5.56 Å². The fraction of sp³-hybridized carbons (Fsp3) is 0.278. The van der Waals surface area contributed by atoms with E-state index in [2.05, 4.69) is 17.4 Å². The fourth-order valence-corrected chi connectivity index (χ4v) is 2.93. The highest BCUT2D eigenvalue weighted by atomic mass is 16.5. The minimum atomic E-state index is -0.0948. The zero-order valence-corrected chi connectivity index (χ0v) is 12.8. The summed E-state index contributed by atoms with van der Waals surface area (Å²) in [6.45, 7) is 0. The van der Waals surface area contributed by atoms with Crippen molar-refractivity contribution >= 4 is 5.91 Å². The number of fused-ring (bicyclic) bond motifs is 1. The molecule has 0 heterocycles. The largest absolute Gasteiger partial charge is 0.493 e. The molecule has 1 N–H and O–H groups in total. The van der Waals surface area contributed by atoms with Gasteiger partial charge in [-0.15, -0.1) is 0 Å². The summed E-state index contributed by atoms with van der Waals surface area (Å²) in [7, 11) is 3.14. The summed E-state index contributed by atoms with van der Waals surface area (Å²) in [4.78, 5) is 12.5. The highest BCUT2D eigenvalue weighted by molar-refractivity contribution is 5.95. The van der Waals surface area contributed by atoms with Crippen molar-refractivity contribution in [2.24, 2.45) is 0 Å². The topological polar surface area (TPSA) is 47.6 Å². The maximum Gasteiger partial charge on any atom is 0.251 e. The molecule has 0 bridgehead atoms. The van der Waals surface area contributed by atoms with Gasteiger partial charge in [0.05, 0.1) is 20.3 Å². The van der Waals surface area contributed by atoms with Gasteiger partial charge in [-0.2, -0.15) is 0 Å². The molecule has 2 aromatic carbocycles. The number of hydrogen-bond donors (Lipinski definition) is 1. The Morgan fingerprint density at radius 2 is 1.86 bits per heavy atom. The molecule has 114 valence electrons. The van der Waals surface area contributed by atoms with Crippen LogP contribution >= 0.6 is 0 Å². The van der Waals surface area contributed by atoms with Crippen LogP contribution in [0.3, 0.4) is 0 Å². The molecule has 0 aromatic heterocycles. The maximum absolute atomic E-state index is 12.5. The van der Waals surface area contributed by atoms with Gasteiger partial charge in [0.15, 0.2) is 11.5 Å². The van der Waals surface area contributed by atoms with Crippen LogP contribution in [0.4, 0.5) is 0 Å². The Morgan fingerprint density at radius 3 is 2.64 bits per heavy atom. The normalized spacial score (nSPS) is 16.0. The van der Waals surface area contributed by atoms with Crippen LogP contribution in [0.5, 0.6) is 11.5 Å². The van der Waals surface area contributed by atoms with Gasteiger partial charge in [-0.3, -0.25) is 4.79 Å². The first-order valence-corrected chi connectivity index (χ1v) is 7.33. The molecular weight excluding hydrogens is 278 g/mol. The molecule has 1 aliphatic carbocycles. The van der Waals surface area contributed by atoms with Crippen LogP contribution < -0.4 is 14.8 Å². The lowest BCUT2D eigenvalue weighted by atomic mass is 10.1. The van der Waals surface area contributed by atoms with Gasteiger partial charge in [0.25, 0.3) is 5.91 Å². The van der Waals surface area contributed by atoms with Crippen LogP contribution in [0.2, 0.25) is 0 Å². The summed E-state index contributed by atoms with van der Waals surface area (Å²) in [6, 6.07) is 13.5. The smallest absolute Gasteiger partial charge is 0.251 e. The lowest BCUT2D eigenvalue weighted by Crippen LogP contribution is -2.27. The van der Waals surface area contributed by atoms with Gasteiger partial charge in [0.2, 0.25) is 0 Å². The molecule has 0 saturated carbocycles. The van der Waals surface area contributed by atoms with E-state index in [1.807, 2.05) is 12.1 Å². The van der Waals surface area contributed by atoms with E-state index < -0.39 is 0 Å². The maximum atomic E-state index is 12.5. The Hall–Kier alpha value is -2.49. The van der Waals surface area contributed by atoms with Crippen LogP contribution in [0.15, 0.2) is 42.5 Å². The molecule has 1 unspecified atom stereocenters. The minimum absolute atomic E-state index is 0.0804. The van der Waals surface area contributed by atoms with Crippen LogP contribution in [-0.2, 0) is 6.42 Å². The Balaban J connectivity index is 1.78. The lowest BCUT2D eigenvalue weighted by molar-refractivity contribution is 0.0936. The molecule has 4 nitrogen and oxygen atoms in total. The van der Waals surface area contributed by atoms with Crippen LogP contribution in [0.1, 0.15) is 33.9 Å². The van der Waals surface area contributed by atoms with Gasteiger partial charge in [0.1, 0.15) is 0 Å². The molecule has 0 fully saturated rings. The molecule has 0 aliphatic heterocycles. The van der Waals surface area contributed by atoms with E-state index >= 15 is 0 Å². The number of carbonyl (C=O) groups is 1. The number of ether oxygens (including phenoxy) is 2. The Morgan fingerprint density at radius 1 is 1.09 bits per heavy atom. The second-order valence-corrected chi connectivity index (χ2v) is 5.33. The van der Waals surface area contributed by atoms with Crippen molar-refractivity contribution < 1.29 is 14.3 Å². The SMILES string of the molecule is COc1ccc(C(=O)NC2CCc3ccccc32)cc1OC. The van der Waals surface area contributed by atoms with E-state index in [-0.39, 0.29) is 11.9 Å². The third-order valence-corrected chi connectivity index (χ3v) is 4.08. The minimum Gasteiger partial charge on any atom is -0.493 e. The molecule has 22 heavy (non-hydrogen) atoms. The summed E-state index contributed by atoms with van der Waals surface area (Å²) >= 11 is 0. The van der Waals surface area contributed by atoms with E-state index in [9.17, 15) is 4.79 Å². The second-order valence-electron chi connectivity index (χ2n) is 5.33. The average Bonchev–Trinajstić information content (AvgIpc) is 2.97. The van der Waals surface area contributed by atoms with Crippen molar-refractivity contribution in [3.63, 3.8) is 0 Å². The summed E-state index contributed by atoms with van der Waals surface area (Å²) in [5.41, 5.74) is 3.11. The summed E-state index contributed by atoms with van der Waals surface area (Å²) in [6.07, 6.45) is 1.95. The number of aryl methyl sites for hydroxylation is 1. The van der Waals surface area contributed by atoms with E-state index in [1.165, 1.54) is 11.1 Å². The predicted octanol–water partition coefficient (Wildman–Crippen LogP) is 3.12. The quantitative estimate of drug-likeness (QED) is 0.943. The molecule has 0 saturated heterocycles. The second kappa shape index (κ2) is 6.10. The van der Waals surface area contributed by atoms with E-state index in [1.54, 1.807) is 32.4 Å². The molecule has 2 aromatic rings. The molecule has 1 atom stereocenters. The van der Waals surface area contributed by atoms with Crippen molar-refractivity contribution in [3.05, 3.63) is 59.2 Å². The van der Waals surface area contributed by atoms with Crippen molar-refractivity contribution in [2.75, 3.05) is 14.2 Å². The molecule has 0 radical (unpaired) electrons. The number of hydrogen-bond acceptors (Lipinski definition) is 3. The van der Waals surface area contributed by atoms with Gasteiger partial charge in [-0.1, -0.05) is 24.3 Å². The third-order valence-electron chi connectivity index (χ3n) is 4.08. The standard InChI is InChI=1S/C18H19NO3/c1-21-16-10-8-13(11-17(16)22-2)18(20)19-15-9-7-12-5-3-4-6-14(12)15/h3-6,8,10-11,15H,7,9H2,1-2H3,(H,19,20). The zero-order chi connectivity index (χ0) is 15.5. The van der Waals surface area contributed by atoms with Crippen LogP contribution in [0.25, 0.3) is 0 Å². The number of benzene rings is 2. The van der Waals surface area contributed by atoms with Gasteiger partial charge in [-0.05, 0) is 42.2 Å². The van der Waals surface area contributed by atoms with E-state index in [0.29, 0.717) is 17.1 Å². The van der Waals surface area contributed by atoms with Crippen molar-refractivity contribution in [1.82, 2.24) is 5.32 Å². The first-order valence-electron chi connectivity index (χ1n) is 7.33. The summed E-state index contributed by atoms with van der Waals surface area (Å²) < 4.78 is 10.4. The van der Waals surface area contributed by atoms with Crippen LogP contribution in [-0.4, -0.2) is 20.1 Å². The predicted molar refractivity (Wildman–Crippen MR) is 84.5 cm³/mol. The van der Waals surface area contributed by atoms with Crippen molar-refractivity contribution in [1.29, 1.82) is 0 Å². The van der Waals surface area contributed by atoms with Gasteiger partial charge < -0.3 is 14.8 Å². The number of rotatable bonds is 4. The first-order chi connectivity index (χ1) is 10.7. The Kier molecular flexibility index (Phi) is 4.00. The molecule has 3 rings (SSSR count). The summed E-state index contributed by atoms with van der Waals surface area (Å²) in [5, 5.41) is 3.10. The first kappa shape index (κ1) is 14.4. The highest BCUT2D eigenvalue weighted by Gasteiger charge is 2.24. The third kappa shape index (κ3) is 2.64. The number of nitrogens with one attached hydrogen (secondary N) is 1. The van der Waals surface area contributed by atoms with E-state index in [4.69, 9.17) is 9.47 Å². The lowest BCUT2D eigenvalue weighted by Gasteiger charge is -2.15. The van der Waals surface area contributed by atoms with Crippen molar-refractivity contribution in [2.45, 2.75) is 18.9 Å². The number of carbonyl (C=O) groups excluding carboxylic acids is 1. The molecular formula is C18H19NO3. The monoisotopic (exact) mass is 297 g/mol. The molecule has 1 amide bonds. The van der Waals surface area contributed by atoms with Crippen LogP contribution in [0, 0.1) is 0 Å². The number of amides is 1. The molecule has 4 heteroatoms. The Bertz CT molecular complexity index is 696. The summed E-state index contributed by atoms with van der Waals surface area (Å²) in [5.74, 6) is 1.08. The van der Waals surface area contributed by atoms with Gasteiger partial charge in [-0.25, -0.2) is 0 Å². The Labute approximate surface area is 130 Å². The average molecular weight is 297 g/mol. The van der Waals surface area contributed by atoms with Gasteiger partial charge >= 0.3 is 0 Å². The molecule has 1 aliphatic rings. The molecule has 0 spiro atoms. The highest BCUT2D eigenvalue weighted by Crippen LogP contribution is 2.32. The number of methoxy groups -OCH3 is 2. The fourth-order valence-electron chi connectivity index (χ4n) is 2.93. The zero-order valence-electron chi connectivity index (χ0n) is 12.8. The van der Waals surface area contributed by atoms with Crippen molar-refractivity contribution in [3.8, 4) is 11.5 Å². The van der Waals surface area contributed by atoms with E-state index in [0.717, 1.165) is 12.8 Å².